The fraction of sp³-hybridized carbons (Fsp3) is 0.125. The van der Waals surface area contributed by atoms with E-state index in [-0.39, 0.29) is 4.47 Å². The highest BCUT2D eigenvalue weighted by Crippen LogP contribution is 2.30. The van der Waals surface area contributed by atoms with E-state index in [0.29, 0.717) is 6.07 Å². The van der Waals surface area contributed by atoms with E-state index in [4.69, 9.17) is 5.11 Å². The number of hydrogen-bond acceptors (Lipinski definition) is 4. The molecule has 16 heavy (non-hydrogen) atoms. The summed E-state index contributed by atoms with van der Waals surface area (Å²) in [7, 11) is 0. The smallest absolute Gasteiger partial charge is 0.337 e. The average molecular weight is 294 g/mol. The lowest BCUT2D eigenvalue weighted by atomic mass is 10.1. The zero-order valence-electron chi connectivity index (χ0n) is 7.55. The van der Waals surface area contributed by atoms with Crippen molar-refractivity contribution in [2.75, 3.05) is 0 Å². The van der Waals surface area contributed by atoms with Crippen LogP contribution in [0.25, 0.3) is 0 Å². The molecule has 1 unspecified atom stereocenters. The number of aliphatic carboxylic acids is 1. The number of nitro groups is 1. The molecule has 1 rings (SSSR count). The molecule has 0 amide bonds. The van der Waals surface area contributed by atoms with Crippen LogP contribution in [0.15, 0.2) is 16.6 Å². The molecular formula is C8H5BrFNO5. The number of hydrogen-bond donors (Lipinski definition) is 2. The summed E-state index contributed by atoms with van der Waals surface area (Å²) in [6.45, 7) is 0. The maximum Gasteiger partial charge on any atom is 0.337 e. The largest absolute Gasteiger partial charge is 0.479 e. The van der Waals surface area contributed by atoms with Crippen molar-refractivity contribution < 1.29 is 24.3 Å². The SMILES string of the molecule is O=C(O)C(O)c1cc(Br)c(F)cc1[N+](=O)[O-]. The molecule has 0 saturated carbocycles. The first-order valence-electron chi connectivity index (χ1n) is 3.88. The molecule has 0 saturated heterocycles. The number of benzene rings is 1. The molecule has 2 N–H and O–H groups in total. The zero-order chi connectivity index (χ0) is 12.5. The van der Waals surface area contributed by atoms with Gasteiger partial charge in [0.25, 0.3) is 5.69 Å². The van der Waals surface area contributed by atoms with Gasteiger partial charge in [0.15, 0.2) is 6.10 Å². The van der Waals surface area contributed by atoms with E-state index < -0.39 is 34.1 Å². The van der Waals surface area contributed by atoms with Crippen molar-refractivity contribution >= 4 is 27.6 Å². The summed E-state index contributed by atoms with van der Waals surface area (Å²) < 4.78 is 12.8. The van der Waals surface area contributed by atoms with Crippen LogP contribution in [0.1, 0.15) is 11.7 Å². The third kappa shape index (κ3) is 2.34. The number of halogens is 2. The second kappa shape index (κ2) is 4.54. The molecule has 0 aliphatic heterocycles. The van der Waals surface area contributed by atoms with E-state index in [9.17, 15) is 24.4 Å². The lowest BCUT2D eigenvalue weighted by Crippen LogP contribution is -2.12. The molecule has 1 atom stereocenters. The predicted octanol–water partition coefficient (Wildman–Crippen LogP) is 1.61. The van der Waals surface area contributed by atoms with Crippen molar-refractivity contribution in [2.24, 2.45) is 0 Å². The predicted molar refractivity (Wildman–Crippen MR) is 53.4 cm³/mol. The second-order valence-corrected chi connectivity index (χ2v) is 3.68. The van der Waals surface area contributed by atoms with Gasteiger partial charge in [-0.15, -0.1) is 0 Å². The number of carboxylic acid groups (broad SMARTS) is 1. The number of nitro benzene ring substituents is 1. The van der Waals surface area contributed by atoms with Gasteiger partial charge in [0, 0.05) is 0 Å². The summed E-state index contributed by atoms with van der Waals surface area (Å²) in [6, 6.07) is 1.41. The normalized spacial score (nSPS) is 12.2. The van der Waals surface area contributed by atoms with Gasteiger partial charge in [-0.3, -0.25) is 10.1 Å². The van der Waals surface area contributed by atoms with E-state index in [1.807, 2.05) is 0 Å². The molecule has 0 aromatic heterocycles. The number of carbonyl (C=O) groups is 1. The molecular weight excluding hydrogens is 289 g/mol. The minimum absolute atomic E-state index is 0.159. The Kier molecular flexibility index (Phi) is 3.55. The Morgan fingerprint density at radius 1 is 1.56 bits per heavy atom. The summed E-state index contributed by atoms with van der Waals surface area (Å²) in [5.41, 5.74) is -1.26. The molecule has 0 radical (unpaired) electrons. The molecule has 0 bridgehead atoms. The van der Waals surface area contributed by atoms with E-state index >= 15 is 0 Å². The van der Waals surface area contributed by atoms with Crippen molar-refractivity contribution in [2.45, 2.75) is 6.10 Å². The number of carboxylic acids is 1. The molecule has 0 aliphatic carbocycles. The standard InChI is InChI=1S/C8H5BrFNO5/c9-4-1-3(7(12)8(13)14)6(11(15)16)2-5(4)10/h1-2,7,12H,(H,13,14). The van der Waals surface area contributed by atoms with Gasteiger partial charge in [0.1, 0.15) is 5.82 Å². The molecule has 8 heteroatoms. The minimum atomic E-state index is -2.07. The van der Waals surface area contributed by atoms with Gasteiger partial charge in [-0.2, -0.15) is 0 Å². The number of aliphatic hydroxyl groups excluding tert-OH is 1. The third-order valence-electron chi connectivity index (χ3n) is 1.79. The fourth-order valence-corrected chi connectivity index (χ4v) is 1.42. The van der Waals surface area contributed by atoms with Crippen LogP contribution >= 0.6 is 15.9 Å². The van der Waals surface area contributed by atoms with Gasteiger partial charge < -0.3 is 10.2 Å². The maximum atomic E-state index is 13.0. The van der Waals surface area contributed by atoms with Gasteiger partial charge in [-0.05, 0) is 22.0 Å². The molecule has 6 nitrogen and oxygen atoms in total. The van der Waals surface area contributed by atoms with Gasteiger partial charge in [-0.25, -0.2) is 9.18 Å². The van der Waals surface area contributed by atoms with Crippen LogP contribution in [0.3, 0.4) is 0 Å². The Balaban J connectivity index is 3.41. The molecule has 0 spiro atoms. The quantitative estimate of drug-likeness (QED) is 0.651. The lowest BCUT2D eigenvalue weighted by molar-refractivity contribution is -0.386. The zero-order valence-corrected chi connectivity index (χ0v) is 9.14. The van der Waals surface area contributed by atoms with Crippen LogP contribution in [-0.4, -0.2) is 21.1 Å². The van der Waals surface area contributed by atoms with Crippen LogP contribution in [0, 0.1) is 15.9 Å². The van der Waals surface area contributed by atoms with Crippen LogP contribution in [0.5, 0.6) is 0 Å². The third-order valence-corrected chi connectivity index (χ3v) is 2.40. The van der Waals surface area contributed by atoms with Crippen molar-refractivity contribution in [3.05, 3.63) is 38.1 Å². The Bertz CT molecular complexity index is 464. The topological polar surface area (TPSA) is 101 Å². The molecule has 1 aromatic rings. The van der Waals surface area contributed by atoms with Crippen molar-refractivity contribution in [1.29, 1.82) is 0 Å². The highest BCUT2D eigenvalue weighted by atomic mass is 79.9. The molecule has 1 aromatic carbocycles. The number of aliphatic hydroxyl groups is 1. The molecule has 86 valence electrons. The van der Waals surface area contributed by atoms with Crippen molar-refractivity contribution in [3.8, 4) is 0 Å². The Hall–Kier alpha value is -1.54. The minimum Gasteiger partial charge on any atom is -0.479 e. The van der Waals surface area contributed by atoms with E-state index in [1.165, 1.54) is 0 Å². The van der Waals surface area contributed by atoms with Gasteiger partial charge in [-0.1, -0.05) is 0 Å². The molecule has 0 heterocycles. The highest BCUT2D eigenvalue weighted by molar-refractivity contribution is 9.10. The van der Waals surface area contributed by atoms with Crippen molar-refractivity contribution in [3.63, 3.8) is 0 Å². The summed E-state index contributed by atoms with van der Waals surface area (Å²) in [4.78, 5) is 20.1. The number of nitrogens with zero attached hydrogens (tertiary/aromatic N) is 1. The summed E-state index contributed by atoms with van der Waals surface area (Å²) in [5, 5.41) is 28.2. The van der Waals surface area contributed by atoms with Crippen LogP contribution in [-0.2, 0) is 4.79 Å². The first-order chi connectivity index (χ1) is 7.34. The highest BCUT2D eigenvalue weighted by Gasteiger charge is 2.27. The second-order valence-electron chi connectivity index (χ2n) is 2.82. The molecule has 0 aliphatic rings. The van der Waals surface area contributed by atoms with E-state index in [1.54, 1.807) is 0 Å². The summed E-state index contributed by atoms with van der Waals surface area (Å²) in [5.74, 6) is -2.56. The molecule has 0 fully saturated rings. The summed E-state index contributed by atoms with van der Waals surface area (Å²) in [6.07, 6.45) is -2.07. The van der Waals surface area contributed by atoms with E-state index in [2.05, 4.69) is 15.9 Å². The fourth-order valence-electron chi connectivity index (χ4n) is 1.06. The van der Waals surface area contributed by atoms with Gasteiger partial charge >= 0.3 is 5.97 Å². The van der Waals surface area contributed by atoms with Crippen LogP contribution < -0.4 is 0 Å². The summed E-state index contributed by atoms with van der Waals surface area (Å²) >= 11 is 2.75. The lowest BCUT2D eigenvalue weighted by Gasteiger charge is -2.07. The Morgan fingerprint density at radius 3 is 2.56 bits per heavy atom. The van der Waals surface area contributed by atoms with Gasteiger partial charge in [0.2, 0.25) is 0 Å². The first kappa shape index (κ1) is 12.5. The van der Waals surface area contributed by atoms with Crippen molar-refractivity contribution in [1.82, 2.24) is 0 Å². The van der Waals surface area contributed by atoms with Crippen LogP contribution in [0.2, 0.25) is 0 Å². The first-order valence-corrected chi connectivity index (χ1v) is 4.68. The van der Waals surface area contributed by atoms with E-state index in [0.717, 1.165) is 6.07 Å². The maximum absolute atomic E-state index is 13.0. The monoisotopic (exact) mass is 293 g/mol. The Labute approximate surface area is 96.6 Å². The average Bonchev–Trinajstić information content (AvgIpc) is 2.19. The van der Waals surface area contributed by atoms with Crippen LogP contribution in [0.4, 0.5) is 10.1 Å². The Morgan fingerprint density at radius 2 is 2.12 bits per heavy atom. The van der Waals surface area contributed by atoms with Gasteiger partial charge in [0.05, 0.1) is 21.0 Å². The number of rotatable bonds is 3.